The molecule has 1 amide bonds. The number of fused-ring (bicyclic) bond motifs is 2. The van der Waals surface area contributed by atoms with Crippen molar-refractivity contribution in [3.8, 4) is 17.2 Å². The van der Waals surface area contributed by atoms with Gasteiger partial charge in [0, 0.05) is 29.1 Å². The number of nitriles is 1. The number of H-pyrrole nitrogens is 2. The van der Waals surface area contributed by atoms with Crippen molar-refractivity contribution in [3.05, 3.63) is 77.7 Å². The minimum absolute atomic E-state index is 0.221. The lowest BCUT2D eigenvalue weighted by molar-refractivity contribution is 0.0952. The summed E-state index contributed by atoms with van der Waals surface area (Å²) < 4.78 is 0. The molecule has 0 saturated heterocycles. The molecule has 5 N–H and O–H groups in total. The molecule has 2 aromatic carbocycles. The molecule has 0 spiro atoms. The van der Waals surface area contributed by atoms with Crippen molar-refractivity contribution in [2.24, 2.45) is 0 Å². The van der Waals surface area contributed by atoms with Crippen LogP contribution >= 0.6 is 0 Å². The average molecular weight is 407 g/mol. The summed E-state index contributed by atoms with van der Waals surface area (Å²) in [6.07, 6.45) is 5.27. The molecule has 150 valence electrons. The molecular weight excluding hydrogens is 390 g/mol. The van der Waals surface area contributed by atoms with E-state index in [-0.39, 0.29) is 5.91 Å². The van der Waals surface area contributed by atoms with Gasteiger partial charge in [-0.2, -0.15) is 10.4 Å². The van der Waals surface area contributed by atoms with Crippen LogP contribution in [0.15, 0.2) is 61.1 Å². The molecule has 3 heterocycles. The van der Waals surface area contributed by atoms with Gasteiger partial charge in [-0.25, -0.2) is 4.98 Å². The summed E-state index contributed by atoms with van der Waals surface area (Å²) in [5.41, 5.74) is 11.2. The highest BCUT2D eigenvalue weighted by atomic mass is 16.1. The van der Waals surface area contributed by atoms with Gasteiger partial charge in [-0.1, -0.05) is 12.1 Å². The fourth-order valence-corrected chi connectivity index (χ4v) is 3.64. The van der Waals surface area contributed by atoms with Crippen molar-refractivity contribution in [2.75, 3.05) is 5.73 Å². The molecule has 0 aliphatic rings. The molecule has 0 unspecified atom stereocenters. The number of amides is 1. The van der Waals surface area contributed by atoms with Crippen LogP contribution in [0, 0.1) is 11.3 Å². The molecular formula is C23H17N7O. The first kappa shape index (κ1) is 18.4. The molecule has 31 heavy (non-hydrogen) atoms. The van der Waals surface area contributed by atoms with E-state index in [1.807, 2.05) is 36.5 Å². The Morgan fingerprint density at radius 3 is 2.81 bits per heavy atom. The van der Waals surface area contributed by atoms with E-state index >= 15 is 0 Å². The number of carbonyl (C=O) groups excluding carboxylic acids is 1. The van der Waals surface area contributed by atoms with Gasteiger partial charge >= 0.3 is 0 Å². The second-order valence-corrected chi connectivity index (χ2v) is 7.21. The Bertz CT molecular complexity index is 1470. The number of pyridine rings is 1. The Hall–Kier alpha value is -4.64. The van der Waals surface area contributed by atoms with Crippen molar-refractivity contribution in [2.45, 2.75) is 6.54 Å². The summed E-state index contributed by atoms with van der Waals surface area (Å²) in [7, 11) is 0. The molecule has 0 atom stereocenters. The lowest BCUT2D eigenvalue weighted by atomic mass is 9.99. The SMILES string of the molecule is N#Cc1ccc(CNC(=O)c2cc(-c3c[nH]c4cnc(N)cc34)cc3cn[nH]c23)cc1. The van der Waals surface area contributed by atoms with Crippen molar-refractivity contribution < 1.29 is 4.79 Å². The van der Waals surface area contributed by atoms with Gasteiger partial charge in [0.15, 0.2) is 0 Å². The summed E-state index contributed by atoms with van der Waals surface area (Å²) in [5, 5.41) is 20.6. The third-order valence-corrected chi connectivity index (χ3v) is 5.23. The van der Waals surface area contributed by atoms with Crippen LogP contribution in [0.2, 0.25) is 0 Å². The summed E-state index contributed by atoms with van der Waals surface area (Å²) in [6, 6.07) is 14.8. The first-order valence-electron chi connectivity index (χ1n) is 9.60. The van der Waals surface area contributed by atoms with Gasteiger partial charge in [-0.05, 0) is 41.5 Å². The van der Waals surface area contributed by atoms with Crippen LogP contribution in [0.1, 0.15) is 21.5 Å². The number of benzene rings is 2. The molecule has 0 aliphatic carbocycles. The minimum Gasteiger partial charge on any atom is -0.384 e. The predicted molar refractivity (Wildman–Crippen MR) is 118 cm³/mol. The molecule has 5 rings (SSSR count). The predicted octanol–water partition coefficient (Wildman–Crippen LogP) is 3.49. The standard InChI is InChI=1S/C23H17N7O/c24-8-13-1-3-14(4-2-13)9-28-23(31)18-6-15(5-16-10-29-30-22(16)18)19-11-26-20-12-27-21(25)7-17(19)20/h1-7,10-12,26H,9H2,(H2,25,27)(H,28,31)(H,29,30). The molecule has 3 aromatic heterocycles. The van der Waals surface area contributed by atoms with E-state index in [0.717, 1.165) is 33.0 Å². The van der Waals surface area contributed by atoms with Gasteiger partial charge in [0.1, 0.15) is 5.82 Å². The van der Waals surface area contributed by atoms with Gasteiger partial charge in [0.25, 0.3) is 5.91 Å². The van der Waals surface area contributed by atoms with E-state index in [0.29, 0.717) is 29.0 Å². The molecule has 0 radical (unpaired) electrons. The maximum absolute atomic E-state index is 13.0. The minimum atomic E-state index is -0.221. The zero-order valence-corrected chi connectivity index (χ0v) is 16.3. The smallest absolute Gasteiger partial charge is 0.253 e. The van der Waals surface area contributed by atoms with Gasteiger partial charge < -0.3 is 16.0 Å². The van der Waals surface area contributed by atoms with Crippen LogP contribution in [0.5, 0.6) is 0 Å². The number of nitrogen functional groups attached to an aromatic ring is 1. The van der Waals surface area contributed by atoms with Gasteiger partial charge in [-0.15, -0.1) is 0 Å². The number of nitrogens with one attached hydrogen (secondary N) is 3. The van der Waals surface area contributed by atoms with Crippen LogP contribution in [-0.2, 0) is 6.54 Å². The molecule has 0 bridgehead atoms. The summed E-state index contributed by atoms with van der Waals surface area (Å²) in [6.45, 7) is 0.347. The number of aromatic amines is 2. The van der Waals surface area contributed by atoms with Crippen LogP contribution in [0.25, 0.3) is 32.9 Å². The monoisotopic (exact) mass is 407 g/mol. The number of anilines is 1. The Morgan fingerprint density at radius 1 is 1.16 bits per heavy atom. The number of hydrogen-bond acceptors (Lipinski definition) is 5. The number of carbonyl (C=O) groups is 1. The Kier molecular flexibility index (Phi) is 4.34. The maximum Gasteiger partial charge on any atom is 0.253 e. The van der Waals surface area contributed by atoms with Crippen molar-refractivity contribution in [1.29, 1.82) is 5.26 Å². The molecule has 5 aromatic rings. The van der Waals surface area contributed by atoms with Crippen LogP contribution in [-0.4, -0.2) is 26.1 Å². The van der Waals surface area contributed by atoms with E-state index in [4.69, 9.17) is 11.0 Å². The lowest BCUT2D eigenvalue weighted by Gasteiger charge is -2.09. The Labute approximate surface area is 176 Å². The quantitative estimate of drug-likeness (QED) is 0.361. The Balaban J connectivity index is 1.51. The number of hydrogen-bond donors (Lipinski definition) is 4. The topological polar surface area (TPSA) is 136 Å². The number of nitrogens with zero attached hydrogens (tertiary/aromatic N) is 3. The third kappa shape index (κ3) is 3.34. The molecule has 0 saturated carbocycles. The van der Waals surface area contributed by atoms with Crippen molar-refractivity contribution >= 4 is 33.5 Å². The number of rotatable bonds is 4. The third-order valence-electron chi connectivity index (χ3n) is 5.23. The fraction of sp³-hybridized carbons (Fsp3) is 0.0435. The first-order chi connectivity index (χ1) is 15.1. The number of nitrogens with two attached hydrogens (primary N) is 1. The highest BCUT2D eigenvalue weighted by Crippen LogP contribution is 2.32. The van der Waals surface area contributed by atoms with Crippen LogP contribution in [0.4, 0.5) is 5.82 Å². The van der Waals surface area contributed by atoms with Gasteiger partial charge in [-0.3, -0.25) is 9.89 Å². The van der Waals surface area contributed by atoms with Crippen molar-refractivity contribution in [3.63, 3.8) is 0 Å². The van der Waals surface area contributed by atoms with E-state index < -0.39 is 0 Å². The maximum atomic E-state index is 13.0. The van der Waals surface area contributed by atoms with Crippen LogP contribution in [0.3, 0.4) is 0 Å². The Morgan fingerprint density at radius 2 is 2.00 bits per heavy atom. The zero-order chi connectivity index (χ0) is 21.4. The van der Waals surface area contributed by atoms with E-state index in [2.05, 4.69) is 31.6 Å². The molecule has 8 heteroatoms. The number of aromatic nitrogens is 4. The molecule has 8 nitrogen and oxygen atoms in total. The zero-order valence-electron chi connectivity index (χ0n) is 16.3. The molecule has 0 fully saturated rings. The van der Waals surface area contributed by atoms with Gasteiger partial charge in [0.2, 0.25) is 0 Å². The lowest BCUT2D eigenvalue weighted by Crippen LogP contribution is -2.23. The van der Waals surface area contributed by atoms with E-state index in [9.17, 15) is 4.79 Å². The van der Waals surface area contributed by atoms with E-state index in [1.165, 1.54) is 0 Å². The normalized spacial score (nSPS) is 10.9. The van der Waals surface area contributed by atoms with Crippen molar-refractivity contribution in [1.82, 2.24) is 25.5 Å². The summed E-state index contributed by atoms with van der Waals surface area (Å²) in [5.74, 6) is 0.208. The van der Waals surface area contributed by atoms with Crippen LogP contribution < -0.4 is 11.1 Å². The second-order valence-electron chi connectivity index (χ2n) is 7.21. The highest BCUT2D eigenvalue weighted by Gasteiger charge is 2.16. The van der Waals surface area contributed by atoms with E-state index in [1.54, 1.807) is 24.5 Å². The summed E-state index contributed by atoms with van der Waals surface area (Å²) in [4.78, 5) is 20.4. The first-order valence-corrected chi connectivity index (χ1v) is 9.60. The van der Waals surface area contributed by atoms with Gasteiger partial charge in [0.05, 0.1) is 40.6 Å². The fourth-order valence-electron chi connectivity index (χ4n) is 3.64. The molecule has 0 aliphatic heterocycles. The largest absolute Gasteiger partial charge is 0.384 e. The highest BCUT2D eigenvalue weighted by molar-refractivity contribution is 6.08. The summed E-state index contributed by atoms with van der Waals surface area (Å²) >= 11 is 0. The average Bonchev–Trinajstić information content (AvgIpc) is 3.43. The second kappa shape index (κ2) is 7.31.